The van der Waals surface area contributed by atoms with Crippen molar-refractivity contribution in [1.82, 2.24) is 25.2 Å². The first kappa shape index (κ1) is 40.7. The number of rotatable bonds is 15. The second-order valence-corrected chi connectivity index (χ2v) is 16.1. The molecule has 56 heavy (non-hydrogen) atoms. The Kier molecular flexibility index (Phi) is 13.3. The summed E-state index contributed by atoms with van der Waals surface area (Å²) in [5.41, 5.74) is 3.60. The monoisotopic (exact) mass is 767 g/mol. The second-order valence-electron chi connectivity index (χ2n) is 16.1. The van der Waals surface area contributed by atoms with E-state index < -0.39 is 5.41 Å². The number of carbonyl (C=O) groups is 1. The number of anilines is 1. The van der Waals surface area contributed by atoms with Crippen LogP contribution in [0.1, 0.15) is 104 Å². The summed E-state index contributed by atoms with van der Waals surface area (Å²) in [5.74, 6) is 2.69. The van der Waals surface area contributed by atoms with Crippen molar-refractivity contribution in [3.63, 3.8) is 0 Å². The van der Waals surface area contributed by atoms with Gasteiger partial charge >= 0.3 is 6.03 Å². The van der Waals surface area contributed by atoms with E-state index in [1.807, 2.05) is 85.2 Å². The van der Waals surface area contributed by atoms with Crippen LogP contribution in [0.4, 0.5) is 16.4 Å². The molecule has 6 rings (SSSR count). The van der Waals surface area contributed by atoms with Crippen LogP contribution in [0.3, 0.4) is 0 Å². The average Bonchev–Trinajstić information content (AvgIpc) is 3.56. The van der Waals surface area contributed by atoms with Crippen LogP contribution >= 0.6 is 0 Å². The van der Waals surface area contributed by atoms with Crippen molar-refractivity contribution in [2.24, 2.45) is 5.41 Å². The first-order valence-corrected chi connectivity index (χ1v) is 19.9. The number of hydrogen-bond acceptors (Lipinski definition) is 9. The quantitative estimate of drug-likeness (QED) is 0.0558. The zero-order valence-electron chi connectivity index (χ0n) is 33.9. The Hall–Kier alpha value is -4.98. The van der Waals surface area contributed by atoms with E-state index in [2.05, 4.69) is 65.6 Å². The van der Waals surface area contributed by atoms with Crippen LogP contribution in [0.25, 0.3) is 5.65 Å². The van der Waals surface area contributed by atoms with E-state index in [-0.39, 0.29) is 36.6 Å². The number of pyridine rings is 1. The SMILES string of the molecule is CC(C)N(c1nnc2ccc(OC3CCC(NC(=O)NC(=CC(=N)C(C)(C)C)[NH2+]c4cccc(OCCOC5CCCCO5)c4)c4ccccc43)cn12)C(C)C. The number of benzene rings is 2. The molecular weight excluding hydrogens is 709 g/mol. The number of nitrogens with two attached hydrogens (primary N) is 1. The largest absolute Gasteiger partial charge is 0.491 e. The van der Waals surface area contributed by atoms with Gasteiger partial charge in [0.05, 0.1) is 18.8 Å². The summed E-state index contributed by atoms with van der Waals surface area (Å²) in [7, 11) is 0. The highest BCUT2D eigenvalue weighted by molar-refractivity contribution is 5.97. The number of carbonyl (C=O) groups excluding carboxylic acids is 1. The smallest absolute Gasteiger partial charge is 0.323 e. The van der Waals surface area contributed by atoms with Crippen LogP contribution in [0.5, 0.6) is 11.5 Å². The third-order valence-corrected chi connectivity index (χ3v) is 10.1. The molecule has 1 fully saturated rings. The van der Waals surface area contributed by atoms with Gasteiger partial charge in [-0.15, -0.1) is 10.2 Å². The molecule has 13 nitrogen and oxygen atoms in total. The van der Waals surface area contributed by atoms with Crippen molar-refractivity contribution < 1.29 is 29.1 Å². The molecule has 1 aliphatic heterocycles. The Labute approximate surface area is 330 Å². The van der Waals surface area contributed by atoms with Gasteiger partial charge in [0.2, 0.25) is 11.8 Å². The lowest BCUT2D eigenvalue weighted by Crippen LogP contribution is -2.79. The molecule has 2 amide bonds. The van der Waals surface area contributed by atoms with Crippen molar-refractivity contribution in [3.8, 4) is 11.5 Å². The van der Waals surface area contributed by atoms with Crippen LogP contribution in [0.2, 0.25) is 0 Å². The predicted octanol–water partition coefficient (Wildman–Crippen LogP) is 7.33. The third-order valence-electron chi connectivity index (χ3n) is 10.1. The second kappa shape index (κ2) is 18.3. The molecule has 1 aliphatic carbocycles. The number of quaternary nitrogens is 1. The summed E-state index contributed by atoms with van der Waals surface area (Å²) >= 11 is 0. The topological polar surface area (TPSA) is 152 Å². The van der Waals surface area contributed by atoms with Crippen LogP contribution < -0.4 is 30.3 Å². The maximum Gasteiger partial charge on any atom is 0.323 e. The summed E-state index contributed by atoms with van der Waals surface area (Å²) < 4.78 is 26.1. The minimum atomic E-state index is -0.412. The summed E-state index contributed by atoms with van der Waals surface area (Å²) in [6.07, 6.45) is 7.80. The standard InChI is InChI=1S/C43H58N8O5/c1-28(2)51(29(3)4)42-49-48-39-21-18-32(27-50(39)42)56-36-20-19-35(33-15-8-9-16-34(33)36)46-41(52)47-38(26-37(44)43(5,6)7)45-30-13-12-14-31(25-30)53-23-24-55-40-17-10-11-22-54-40/h8-9,12-16,18,21,25-29,35-36,40,44-45H,10-11,17,19-20,22-24H2,1-7H3,(H2,46,47,52)/p+1. The Morgan fingerprint density at radius 2 is 1.77 bits per heavy atom. The number of hydrogen-bond donors (Lipinski definition) is 4. The van der Waals surface area contributed by atoms with Crippen LogP contribution in [-0.4, -0.2) is 64.5 Å². The van der Waals surface area contributed by atoms with Crippen molar-refractivity contribution in [2.45, 2.75) is 111 Å². The van der Waals surface area contributed by atoms with E-state index >= 15 is 0 Å². The van der Waals surface area contributed by atoms with E-state index in [0.29, 0.717) is 43.3 Å². The van der Waals surface area contributed by atoms with Crippen LogP contribution in [0.15, 0.2) is 78.8 Å². The molecular formula is C43H59N8O5+. The first-order valence-electron chi connectivity index (χ1n) is 19.9. The van der Waals surface area contributed by atoms with Crippen LogP contribution in [0, 0.1) is 10.8 Å². The fraction of sp³-hybridized carbons (Fsp3) is 0.488. The molecule has 13 heteroatoms. The Bertz CT molecular complexity index is 1970. The summed E-state index contributed by atoms with van der Waals surface area (Å²) in [5, 5.41) is 25.8. The molecule has 2 aliphatic rings. The van der Waals surface area contributed by atoms with Gasteiger partial charge in [-0.1, -0.05) is 51.1 Å². The number of urea groups is 1. The Morgan fingerprint density at radius 1 is 0.982 bits per heavy atom. The van der Waals surface area contributed by atoms with E-state index in [1.165, 1.54) is 0 Å². The molecule has 4 aromatic rings. The molecule has 0 spiro atoms. The number of allylic oxidation sites excluding steroid dienone is 1. The van der Waals surface area contributed by atoms with Crippen molar-refractivity contribution in [2.75, 3.05) is 24.7 Å². The molecule has 0 radical (unpaired) electrons. The minimum Gasteiger partial charge on any atom is -0.491 e. The predicted molar refractivity (Wildman–Crippen MR) is 218 cm³/mol. The van der Waals surface area contributed by atoms with E-state index in [1.54, 1.807) is 6.08 Å². The number of ether oxygens (including phenoxy) is 4. The summed E-state index contributed by atoms with van der Waals surface area (Å²) in [6.45, 7) is 16.1. The lowest BCUT2D eigenvalue weighted by atomic mass is 9.85. The maximum atomic E-state index is 13.7. The highest BCUT2D eigenvalue weighted by Gasteiger charge is 2.30. The Morgan fingerprint density at radius 3 is 2.50 bits per heavy atom. The molecule has 3 heterocycles. The van der Waals surface area contributed by atoms with Gasteiger partial charge in [-0.05, 0) is 95.2 Å². The Balaban J connectivity index is 1.12. The van der Waals surface area contributed by atoms with Gasteiger partial charge in [0.25, 0.3) is 0 Å². The van der Waals surface area contributed by atoms with Gasteiger partial charge in [0.15, 0.2) is 11.9 Å². The minimum absolute atomic E-state index is 0.159. The average molecular weight is 768 g/mol. The van der Waals surface area contributed by atoms with Crippen molar-refractivity contribution >= 4 is 29.0 Å². The molecule has 1 saturated heterocycles. The molecule has 0 saturated carbocycles. The molecule has 0 bridgehead atoms. The zero-order chi connectivity index (χ0) is 39.8. The maximum absolute atomic E-state index is 13.7. The van der Waals surface area contributed by atoms with E-state index in [0.717, 1.165) is 60.0 Å². The molecule has 3 atom stereocenters. The number of fused-ring (bicyclic) bond motifs is 2. The molecule has 3 unspecified atom stereocenters. The van der Waals surface area contributed by atoms with Gasteiger partial charge in [-0.3, -0.25) is 15.0 Å². The highest BCUT2D eigenvalue weighted by atomic mass is 16.7. The molecule has 2 aromatic carbocycles. The van der Waals surface area contributed by atoms with Gasteiger partial charge in [0, 0.05) is 42.0 Å². The normalized spacial score (nSPS) is 18.8. The lowest BCUT2D eigenvalue weighted by Gasteiger charge is -2.32. The zero-order valence-corrected chi connectivity index (χ0v) is 33.9. The van der Waals surface area contributed by atoms with E-state index in [9.17, 15) is 4.79 Å². The lowest BCUT2D eigenvalue weighted by molar-refractivity contribution is -0.522. The fourth-order valence-electron chi connectivity index (χ4n) is 7.22. The summed E-state index contributed by atoms with van der Waals surface area (Å²) in [6, 6.07) is 19.6. The third kappa shape index (κ3) is 10.4. The van der Waals surface area contributed by atoms with E-state index in [4.69, 9.17) is 24.4 Å². The van der Waals surface area contributed by atoms with Crippen molar-refractivity contribution in [3.05, 3.63) is 89.9 Å². The van der Waals surface area contributed by atoms with Crippen molar-refractivity contribution in [1.29, 1.82) is 5.41 Å². The summed E-state index contributed by atoms with van der Waals surface area (Å²) in [4.78, 5) is 16.0. The van der Waals surface area contributed by atoms with Crippen LogP contribution in [-0.2, 0) is 9.47 Å². The number of nitrogens with zero attached hydrogens (tertiary/aromatic N) is 4. The number of aromatic nitrogens is 3. The van der Waals surface area contributed by atoms with Gasteiger partial charge in [-0.25, -0.2) is 4.79 Å². The number of amides is 2. The fourth-order valence-corrected chi connectivity index (χ4v) is 7.22. The molecule has 5 N–H and O–H groups in total. The van der Waals surface area contributed by atoms with Gasteiger partial charge in [-0.2, -0.15) is 0 Å². The molecule has 300 valence electrons. The van der Waals surface area contributed by atoms with Gasteiger partial charge in [0.1, 0.15) is 29.9 Å². The first-order chi connectivity index (χ1) is 26.9. The van der Waals surface area contributed by atoms with Gasteiger partial charge < -0.3 is 34.6 Å². The number of nitrogens with one attached hydrogen (secondary N) is 3. The molecule has 2 aromatic heterocycles. The highest BCUT2D eigenvalue weighted by Crippen LogP contribution is 2.39.